The number of likely N-dealkylation sites (tertiary alicyclic amines) is 1. The number of nitrogens with zero attached hydrogens (tertiary/aromatic N) is 1. The minimum Gasteiger partial charge on any atom is -0.463 e. The highest BCUT2D eigenvalue weighted by Gasteiger charge is 2.41. The molecule has 9 heteroatoms. The molecule has 1 aliphatic heterocycles. The molecule has 1 aliphatic rings. The van der Waals surface area contributed by atoms with Crippen LogP contribution >= 0.6 is 15.9 Å². The number of Topliss-reactive ketones (excluding diaryl/α,β-unsaturated/α-hetero) is 1. The number of ketones is 1. The second-order valence-corrected chi connectivity index (χ2v) is 8.69. The van der Waals surface area contributed by atoms with E-state index in [1.54, 1.807) is 39.8 Å². The minimum absolute atomic E-state index is 0.0218. The lowest BCUT2D eigenvalue weighted by molar-refractivity contribution is -0.166. The van der Waals surface area contributed by atoms with Crippen LogP contribution in [0, 0.1) is 0 Å². The summed E-state index contributed by atoms with van der Waals surface area (Å²) >= 11 is 3.27. The van der Waals surface area contributed by atoms with Gasteiger partial charge < -0.3 is 14.2 Å². The van der Waals surface area contributed by atoms with Gasteiger partial charge in [0.2, 0.25) is 5.78 Å². The summed E-state index contributed by atoms with van der Waals surface area (Å²) in [6, 6.07) is 5.36. The molecule has 2 rings (SSSR count). The van der Waals surface area contributed by atoms with Crippen LogP contribution < -0.4 is 0 Å². The molecule has 1 saturated heterocycles. The summed E-state index contributed by atoms with van der Waals surface area (Å²) in [7, 11) is 0. The zero-order chi connectivity index (χ0) is 22.5. The van der Waals surface area contributed by atoms with Gasteiger partial charge in [-0.1, -0.05) is 28.1 Å². The zero-order valence-corrected chi connectivity index (χ0v) is 19.1. The fourth-order valence-corrected chi connectivity index (χ4v) is 3.20. The van der Waals surface area contributed by atoms with Gasteiger partial charge in [-0.3, -0.25) is 9.69 Å². The van der Waals surface area contributed by atoms with Crippen molar-refractivity contribution >= 4 is 39.7 Å². The van der Waals surface area contributed by atoms with E-state index >= 15 is 0 Å². The summed E-state index contributed by atoms with van der Waals surface area (Å²) in [6.45, 7) is 7.10. The summed E-state index contributed by atoms with van der Waals surface area (Å²) in [5.74, 6) is -2.50. The molecule has 1 aromatic rings. The van der Waals surface area contributed by atoms with Crippen molar-refractivity contribution in [1.82, 2.24) is 4.90 Å². The topological polar surface area (TPSA) is 99.2 Å². The number of hydrogen-bond acceptors (Lipinski definition) is 7. The number of carbonyl (C=O) groups is 4. The Morgan fingerprint density at radius 1 is 1.17 bits per heavy atom. The van der Waals surface area contributed by atoms with E-state index in [1.807, 2.05) is 0 Å². The predicted octanol–water partition coefficient (Wildman–Crippen LogP) is 3.51. The number of rotatable bonds is 6. The fraction of sp³-hybridized carbons (Fsp3) is 0.524. The number of esters is 2. The lowest BCUT2D eigenvalue weighted by Gasteiger charge is -2.28. The molecule has 0 spiro atoms. The molecule has 1 amide bonds. The molecule has 1 aromatic carbocycles. The number of amides is 1. The van der Waals surface area contributed by atoms with E-state index in [0.29, 0.717) is 19.4 Å². The number of carbonyl (C=O) groups excluding carboxylic acids is 4. The van der Waals surface area contributed by atoms with Crippen LogP contribution in [0.25, 0.3) is 0 Å². The van der Waals surface area contributed by atoms with Gasteiger partial charge in [-0.25, -0.2) is 14.4 Å². The molecule has 164 valence electrons. The Morgan fingerprint density at radius 3 is 2.37 bits per heavy atom. The van der Waals surface area contributed by atoms with E-state index in [1.165, 1.54) is 17.0 Å². The Hall–Kier alpha value is -2.42. The molecule has 1 unspecified atom stereocenters. The van der Waals surface area contributed by atoms with Crippen molar-refractivity contribution in [3.63, 3.8) is 0 Å². The Balaban J connectivity index is 2.19. The van der Waals surface area contributed by atoms with Gasteiger partial charge in [0.25, 0.3) is 6.10 Å². The van der Waals surface area contributed by atoms with E-state index in [0.717, 1.165) is 4.47 Å². The SMILES string of the molecule is CCOC(=O)C(OC(=O)[C@@H]1CCCN1C(=O)OC(C)(C)C)C(=O)c1ccc(Br)cc1. The van der Waals surface area contributed by atoms with E-state index in [-0.39, 0.29) is 12.2 Å². The van der Waals surface area contributed by atoms with Gasteiger partial charge in [0.05, 0.1) is 6.61 Å². The highest BCUT2D eigenvalue weighted by atomic mass is 79.9. The van der Waals surface area contributed by atoms with Crippen LogP contribution in [-0.4, -0.2) is 59.6 Å². The molecular weight excluding hydrogens is 458 g/mol. The molecular formula is C21H26BrNO7. The van der Waals surface area contributed by atoms with Crippen LogP contribution in [0.3, 0.4) is 0 Å². The van der Waals surface area contributed by atoms with Gasteiger partial charge in [0.1, 0.15) is 11.6 Å². The smallest absolute Gasteiger partial charge is 0.411 e. The third kappa shape index (κ3) is 6.29. The average molecular weight is 484 g/mol. The maximum absolute atomic E-state index is 12.8. The van der Waals surface area contributed by atoms with Crippen molar-refractivity contribution in [1.29, 1.82) is 0 Å². The van der Waals surface area contributed by atoms with Crippen molar-refractivity contribution in [2.45, 2.75) is 58.3 Å². The highest BCUT2D eigenvalue weighted by Crippen LogP contribution is 2.23. The van der Waals surface area contributed by atoms with E-state index in [2.05, 4.69) is 15.9 Å². The Bertz CT molecular complexity index is 801. The van der Waals surface area contributed by atoms with Crippen molar-refractivity contribution in [2.24, 2.45) is 0 Å². The molecule has 8 nitrogen and oxygen atoms in total. The highest BCUT2D eigenvalue weighted by molar-refractivity contribution is 9.10. The van der Waals surface area contributed by atoms with Gasteiger partial charge in [-0.15, -0.1) is 0 Å². The molecule has 1 fully saturated rings. The Kier molecular flexibility index (Phi) is 8.00. The largest absolute Gasteiger partial charge is 0.463 e. The number of halogens is 1. The number of hydrogen-bond donors (Lipinski definition) is 0. The van der Waals surface area contributed by atoms with Crippen molar-refractivity contribution in [3.8, 4) is 0 Å². The summed E-state index contributed by atoms with van der Waals surface area (Å²) in [6.07, 6.45) is -1.47. The maximum atomic E-state index is 12.8. The fourth-order valence-electron chi connectivity index (χ4n) is 2.94. The molecule has 0 aliphatic carbocycles. The summed E-state index contributed by atoms with van der Waals surface area (Å²) in [5, 5.41) is 0. The molecule has 2 atom stereocenters. The van der Waals surface area contributed by atoms with Crippen LogP contribution in [0.2, 0.25) is 0 Å². The number of ether oxygens (including phenoxy) is 3. The molecule has 0 bridgehead atoms. The lowest BCUT2D eigenvalue weighted by Crippen LogP contribution is -2.46. The number of benzene rings is 1. The second-order valence-electron chi connectivity index (χ2n) is 7.77. The van der Waals surface area contributed by atoms with Crippen LogP contribution in [0.15, 0.2) is 28.7 Å². The first kappa shape index (κ1) is 23.9. The summed E-state index contributed by atoms with van der Waals surface area (Å²) in [4.78, 5) is 51.6. The molecule has 0 radical (unpaired) electrons. The van der Waals surface area contributed by atoms with Crippen molar-refractivity contribution in [3.05, 3.63) is 34.3 Å². The Morgan fingerprint density at radius 2 is 1.80 bits per heavy atom. The van der Waals surface area contributed by atoms with Crippen LogP contribution in [-0.2, 0) is 23.8 Å². The van der Waals surface area contributed by atoms with Crippen LogP contribution in [0.4, 0.5) is 4.79 Å². The maximum Gasteiger partial charge on any atom is 0.411 e. The molecule has 30 heavy (non-hydrogen) atoms. The Labute approximate surface area is 184 Å². The minimum atomic E-state index is -1.75. The van der Waals surface area contributed by atoms with Crippen molar-refractivity contribution in [2.75, 3.05) is 13.2 Å². The molecule has 0 aromatic heterocycles. The first-order chi connectivity index (χ1) is 14.0. The van der Waals surface area contributed by atoms with Gasteiger partial charge >= 0.3 is 18.0 Å². The van der Waals surface area contributed by atoms with Gasteiger partial charge in [-0.2, -0.15) is 0 Å². The van der Waals surface area contributed by atoms with Crippen molar-refractivity contribution < 1.29 is 33.4 Å². The second kappa shape index (κ2) is 10.1. The average Bonchev–Trinajstić information content (AvgIpc) is 3.15. The van der Waals surface area contributed by atoms with Gasteiger partial charge in [0.15, 0.2) is 0 Å². The molecule has 1 heterocycles. The summed E-state index contributed by atoms with van der Waals surface area (Å²) < 4.78 is 16.3. The normalized spacial score (nSPS) is 17.2. The van der Waals surface area contributed by atoms with E-state index < -0.39 is 41.6 Å². The zero-order valence-electron chi connectivity index (χ0n) is 17.5. The predicted molar refractivity (Wildman–Crippen MR) is 111 cm³/mol. The quantitative estimate of drug-likeness (QED) is 0.264. The van der Waals surface area contributed by atoms with Crippen LogP contribution in [0.5, 0.6) is 0 Å². The lowest BCUT2D eigenvalue weighted by atomic mass is 10.1. The molecule has 0 saturated carbocycles. The van der Waals surface area contributed by atoms with Crippen LogP contribution in [0.1, 0.15) is 50.9 Å². The van der Waals surface area contributed by atoms with E-state index in [9.17, 15) is 19.2 Å². The standard InChI is InChI=1S/C21H26BrNO7/c1-5-28-19(26)17(16(24)13-8-10-14(22)11-9-13)29-18(25)15-7-6-12-23(15)20(27)30-21(2,3)4/h8-11,15,17H,5-7,12H2,1-4H3/t15-,17?/m0/s1. The third-order valence-electron chi connectivity index (χ3n) is 4.25. The third-order valence-corrected chi connectivity index (χ3v) is 4.78. The van der Waals surface area contributed by atoms with Gasteiger partial charge in [0, 0.05) is 16.6 Å². The molecule has 0 N–H and O–H groups in total. The monoisotopic (exact) mass is 483 g/mol. The first-order valence-corrected chi connectivity index (χ1v) is 10.5. The van der Waals surface area contributed by atoms with Gasteiger partial charge in [-0.05, 0) is 52.7 Å². The van der Waals surface area contributed by atoms with E-state index in [4.69, 9.17) is 14.2 Å². The summed E-state index contributed by atoms with van der Waals surface area (Å²) in [5.41, 5.74) is -0.529. The first-order valence-electron chi connectivity index (χ1n) is 9.70.